The van der Waals surface area contributed by atoms with E-state index in [4.69, 9.17) is 9.84 Å². The van der Waals surface area contributed by atoms with Crippen molar-refractivity contribution in [3.8, 4) is 0 Å². The van der Waals surface area contributed by atoms with Gasteiger partial charge >= 0.3 is 11.9 Å². The molecule has 0 bridgehead atoms. The van der Waals surface area contributed by atoms with E-state index >= 15 is 0 Å². The quantitative estimate of drug-likeness (QED) is 0.350. The molecular weight excluding hydrogens is 232 g/mol. The van der Waals surface area contributed by atoms with Crippen LogP contribution in [-0.4, -0.2) is 23.7 Å². The number of carbonyl (C=O) groups is 2. The Morgan fingerprint density at radius 1 is 1.00 bits per heavy atom. The summed E-state index contributed by atoms with van der Waals surface area (Å²) in [6.45, 7) is 5.61. The second-order valence-corrected chi connectivity index (χ2v) is 4.53. The Morgan fingerprint density at radius 2 is 1.50 bits per heavy atom. The molecule has 0 atom stereocenters. The molecule has 4 nitrogen and oxygen atoms in total. The van der Waals surface area contributed by atoms with Crippen LogP contribution in [0.15, 0.2) is 12.2 Å². The van der Waals surface area contributed by atoms with E-state index < -0.39 is 5.97 Å². The van der Waals surface area contributed by atoms with Crippen molar-refractivity contribution in [1.82, 2.24) is 0 Å². The number of carboxylic acid groups (broad SMARTS) is 1. The molecule has 0 amide bonds. The fraction of sp³-hybridized carbons (Fsp3) is 0.714. The van der Waals surface area contributed by atoms with Crippen LogP contribution in [0.5, 0.6) is 0 Å². The fourth-order valence-electron chi connectivity index (χ4n) is 1.55. The van der Waals surface area contributed by atoms with E-state index in [2.05, 4.69) is 6.58 Å². The highest BCUT2D eigenvalue weighted by molar-refractivity contribution is 5.86. The summed E-state index contributed by atoms with van der Waals surface area (Å²) in [5.41, 5.74) is 0.438. The molecule has 1 N–H and O–H groups in total. The maximum Gasteiger partial charge on any atom is 0.333 e. The van der Waals surface area contributed by atoms with Crippen molar-refractivity contribution in [3.05, 3.63) is 12.2 Å². The molecule has 104 valence electrons. The van der Waals surface area contributed by atoms with Crippen molar-refractivity contribution < 1.29 is 19.4 Å². The number of carboxylic acids is 1. The van der Waals surface area contributed by atoms with Gasteiger partial charge in [0.25, 0.3) is 0 Å². The fourth-order valence-corrected chi connectivity index (χ4v) is 1.55. The normalized spacial score (nSPS) is 10.1. The van der Waals surface area contributed by atoms with E-state index in [1.807, 2.05) is 0 Å². The predicted octanol–water partition coefficient (Wildman–Crippen LogP) is 3.31. The lowest BCUT2D eigenvalue weighted by Crippen LogP contribution is -2.05. The first-order valence-electron chi connectivity index (χ1n) is 6.58. The van der Waals surface area contributed by atoms with Crippen LogP contribution in [-0.2, 0) is 14.3 Å². The van der Waals surface area contributed by atoms with E-state index in [0.717, 1.165) is 44.9 Å². The van der Waals surface area contributed by atoms with Crippen LogP contribution in [0.4, 0.5) is 0 Å². The number of ether oxygens (including phenoxy) is 1. The van der Waals surface area contributed by atoms with Gasteiger partial charge in [-0.3, -0.25) is 4.79 Å². The standard InChI is InChI=1S/C14H24O4/c1-12(2)14(17)18-11-9-7-5-3-4-6-8-10-13(15)16/h1,3-11H2,2H3,(H,15,16). The number of hydrogen-bond donors (Lipinski definition) is 1. The summed E-state index contributed by atoms with van der Waals surface area (Å²) < 4.78 is 4.97. The van der Waals surface area contributed by atoms with Crippen molar-refractivity contribution in [2.45, 2.75) is 58.3 Å². The minimum Gasteiger partial charge on any atom is -0.481 e. The van der Waals surface area contributed by atoms with Crippen LogP contribution < -0.4 is 0 Å². The summed E-state index contributed by atoms with van der Waals surface area (Å²) in [6.07, 6.45) is 7.26. The van der Waals surface area contributed by atoms with E-state index in [1.54, 1.807) is 6.92 Å². The Morgan fingerprint density at radius 3 is 2.00 bits per heavy atom. The first kappa shape index (κ1) is 16.7. The molecule has 0 radical (unpaired) electrons. The van der Waals surface area contributed by atoms with Crippen LogP contribution in [0, 0.1) is 0 Å². The second-order valence-electron chi connectivity index (χ2n) is 4.53. The van der Waals surface area contributed by atoms with Gasteiger partial charge in [-0.05, 0) is 19.8 Å². The summed E-state index contributed by atoms with van der Waals surface area (Å²) in [4.78, 5) is 21.3. The third-order valence-electron chi connectivity index (χ3n) is 2.62. The van der Waals surface area contributed by atoms with Gasteiger partial charge in [-0.25, -0.2) is 4.79 Å². The monoisotopic (exact) mass is 256 g/mol. The molecule has 0 fully saturated rings. The Labute approximate surface area is 109 Å². The maximum atomic E-state index is 11.0. The predicted molar refractivity (Wildman–Crippen MR) is 70.3 cm³/mol. The molecule has 18 heavy (non-hydrogen) atoms. The molecule has 0 spiro atoms. The average Bonchev–Trinajstić information content (AvgIpc) is 2.30. The third-order valence-corrected chi connectivity index (χ3v) is 2.62. The molecule has 0 heterocycles. The van der Waals surface area contributed by atoms with Crippen molar-refractivity contribution in [1.29, 1.82) is 0 Å². The molecule has 0 aliphatic heterocycles. The van der Waals surface area contributed by atoms with E-state index in [-0.39, 0.29) is 12.4 Å². The highest BCUT2D eigenvalue weighted by atomic mass is 16.5. The summed E-state index contributed by atoms with van der Waals surface area (Å²) in [7, 11) is 0. The van der Waals surface area contributed by atoms with Gasteiger partial charge in [0.05, 0.1) is 6.61 Å². The van der Waals surface area contributed by atoms with Gasteiger partial charge in [0.2, 0.25) is 0 Å². The van der Waals surface area contributed by atoms with Crippen LogP contribution in [0.3, 0.4) is 0 Å². The number of hydrogen-bond acceptors (Lipinski definition) is 3. The minimum absolute atomic E-state index is 0.275. The average molecular weight is 256 g/mol. The number of esters is 1. The van der Waals surface area contributed by atoms with Gasteiger partial charge in [0, 0.05) is 12.0 Å². The number of aliphatic carboxylic acids is 1. The Kier molecular flexibility index (Phi) is 10.0. The molecular formula is C14H24O4. The summed E-state index contributed by atoms with van der Waals surface area (Å²) in [5, 5.41) is 8.45. The molecule has 0 rings (SSSR count). The smallest absolute Gasteiger partial charge is 0.333 e. The summed E-state index contributed by atoms with van der Waals surface area (Å²) >= 11 is 0. The number of unbranched alkanes of at least 4 members (excludes halogenated alkanes) is 6. The molecule has 0 aromatic rings. The summed E-state index contributed by atoms with van der Waals surface area (Å²) in [5.74, 6) is -1.03. The highest BCUT2D eigenvalue weighted by Gasteiger charge is 2.01. The molecule has 0 aromatic heterocycles. The number of carbonyl (C=O) groups excluding carboxylic acids is 1. The Hall–Kier alpha value is -1.32. The van der Waals surface area contributed by atoms with Crippen molar-refractivity contribution in [3.63, 3.8) is 0 Å². The Balaban J connectivity index is 3.14. The lowest BCUT2D eigenvalue weighted by atomic mass is 10.1. The van der Waals surface area contributed by atoms with Gasteiger partial charge in [0.1, 0.15) is 0 Å². The van der Waals surface area contributed by atoms with Gasteiger partial charge < -0.3 is 9.84 Å². The minimum atomic E-state index is -0.714. The van der Waals surface area contributed by atoms with Crippen molar-refractivity contribution in [2.24, 2.45) is 0 Å². The topological polar surface area (TPSA) is 63.6 Å². The van der Waals surface area contributed by atoms with Gasteiger partial charge in [0.15, 0.2) is 0 Å². The van der Waals surface area contributed by atoms with Crippen LogP contribution in [0.25, 0.3) is 0 Å². The van der Waals surface area contributed by atoms with Crippen LogP contribution in [0.1, 0.15) is 58.3 Å². The van der Waals surface area contributed by atoms with Crippen molar-refractivity contribution in [2.75, 3.05) is 6.61 Å². The highest BCUT2D eigenvalue weighted by Crippen LogP contribution is 2.08. The molecule has 0 aliphatic rings. The van der Waals surface area contributed by atoms with E-state index in [1.165, 1.54) is 0 Å². The van der Waals surface area contributed by atoms with Crippen LogP contribution in [0.2, 0.25) is 0 Å². The maximum absolute atomic E-state index is 11.0. The third kappa shape index (κ3) is 11.2. The lowest BCUT2D eigenvalue weighted by Gasteiger charge is -2.04. The zero-order chi connectivity index (χ0) is 13.8. The molecule has 0 unspecified atom stereocenters. The lowest BCUT2D eigenvalue weighted by molar-refractivity contribution is -0.139. The van der Waals surface area contributed by atoms with Gasteiger partial charge in [-0.15, -0.1) is 0 Å². The van der Waals surface area contributed by atoms with Crippen molar-refractivity contribution >= 4 is 11.9 Å². The number of rotatable bonds is 11. The molecule has 0 aliphatic carbocycles. The summed E-state index contributed by atoms with van der Waals surface area (Å²) in [6, 6.07) is 0. The van der Waals surface area contributed by atoms with E-state index in [9.17, 15) is 9.59 Å². The second kappa shape index (κ2) is 10.8. The molecule has 0 aromatic carbocycles. The SMILES string of the molecule is C=C(C)C(=O)OCCCCCCCCCC(=O)O. The zero-order valence-electron chi connectivity index (χ0n) is 11.2. The van der Waals surface area contributed by atoms with Crippen LogP contribution >= 0.6 is 0 Å². The first-order valence-corrected chi connectivity index (χ1v) is 6.58. The zero-order valence-corrected chi connectivity index (χ0v) is 11.2. The molecule has 4 heteroatoms. The van der Waals surface area contributed by atoms with E-state index in [0.29, 0.717) is 12.2 Å². The van der Waals surface area contributed by atoms with Gasteiger partial charge in [-0.2, -0.15) is 0 Å². The Bertz CT molecular complexity index is 271. The first-order chi connectivity index (χ1) is 8.54. The molecule has 0 saturated carbocycles. The largest absolute Gasteiger partial charge is 0.481 e. The van der Waals surface area contributed by atoms with Gasteiger partial charge in [-0.1, -0.05) is 38.7 Å². The molecule has 0 saturated heterocycles.